The van der Waals surface area contributed by atoms with E-state index in [1.54, 1.807) is 19.1 Å². The molecule has 0 unspecified atom stereocenters. The number of likely N-dealkylation sites (N-methyl/N-ethyl adjacent to an activating group) is 1. The summed E-state index contributed by atoms with van der Waals surface area (Å²) in [4.78, 5) is 36.6. The van der Waals surface area contributed by atoms with Crippen LogP contribution in [0.1, 0.15) is 103 Å². The summed E-state index contributed by atoms with van der Waals surface area (Å²) in [5.41, 5.74) is 4.09. The first-order valence-electron chi connectivity index (χ1n) is 20.1. The number of hydrogen-bond donors (Lipinski definition) is 4. The summed E-state index contributed by atoms with van der Waals surface area (Å²) in [6.45, 7) is 19.9. The molecule has 3 aliphatic carbocycles. The van der Waals surface area contributed by atoms with Gasteiger partial charge in [0.05, 0.1) is 26.4 Å². The quantitative estimate of drug-likeness (QED) is 0.185. The summed E-state index contributed by atoms with van der Waals surface area (Å²) < 4.78 is 6.13. The molecule has 6 rings (SSSR count). The Labute approximate surface area is 324 Å². The second kappa shape index (κ2) is 16.6. The number of benzene rings is 2. The molecule has 0 aromatic heterocycles. The van der Waals surface area contributed by atoms with Gasteiger partial charge in [0.1, 0.15) is 17.9 Å². The van der Waals surface area contributed by atoms with E-state index >= 15 is 0 Å². The smallest absolute Gasteiger partial charge is 0.251 e. The minimum absolute atomic E-state index is 0.00443. The normalized spacial score (nSPS) is 27.7. The molecule has 9 atom stereocenters. The molecule has 3 saturated carbocycles. The van der Waals surface area contributed by atoms with Crippen LogP contribution in [0, 0.1) is 35.0 Å². The highest BCUT2D eigenvalue weighted by molar-refractivity contribution is 5.96. The number of aliphatic hydroxyl groups excluding tert-OH is 2. The van der Waals surface area contributed by atoms with Crippen molar-refractivity contribution in [1.29, 1.82) is 0 Å². The van der Waals surface area contributed by atoms with Gasteiger partial charge in [0, 0.05) is 41.2 Å². The monoisotopic (exact) mass is 749 g/mol. The van der Waals surface area contributed by atoms with Gasteiger partial charge in [-0.2, -0.15) is 5.06 Å². The third kappa shape index (κ3) is 8.83. The number of carbonyl (C=O) groups excluding carboxylic acids is 2. The lowest BCUT2D eigenvalue weighted by Gasteiger charge is -2.62. The van der Waals surface area contributed by atoms with E-state index in [0.29, 0.717) is 35.0 Å². The van der Waals surface area contributed by atoms with Gasteiger partial charge in [-0.25, -0.2) is 0 Å². The minimum atomic E-state index is -0.894. The molecule has 4 N–H and O–H groups in total. The number of amides is 2. The van der Waals surface area contributed by atoms with Gasteiger partial charge in [0.2, 0.25) is 5.91 Å². The van der Waals surface area contributed by atoms with Crippen LogP contribution in [0.4, 0.5) is 0 Å². The first-order valence-corrected chi connectivity index (χ1v) is 20.1. The summed E-state index contributed by atoms with van der Waals surface area (Å²) >= 11 is 0. The van der Waals surface area contributed by atoms with Gasteiger partial charge in [-0.1, -0.05) is 79.7 Å². The van der Waals surface area contributed by atoms with Crippen LogP contribution in [0.2, 0.25) is 0 Å². The number of carbonyl (C=O) groups is 2. The van der Waals surface area contributed by atoms with Gasteiger partial charge in [-0.15, -0.1) is 0 Å². The summed E-state index contributed by atoms with van der Waals surface area (Å²) in [6.07, 6.45) is 1.37. The Morgan fingerprint density at radius 2 is 1.81 bits per heavy atom. The fourth-order valence-electron chi connectivity index (χ4n) is 9.63. The fourth-order valence-corrected chi connectivity index (χ4v) is 9.63. The lowest BCUT2D eigenvalue weighted by molar-refractivity contribution is -0.183. The largest absolute Gasteiger partial charge is 0.496 e. The molecule has 54 heavy (non-hydrogen) atoms. The zero-order valence-corrected chi connectivity index (χ0v) is 34.9. The number of aliphatic hydroxyl groups is 2. The van der Waals surface area contributed by atoms with Crippen LogP contribution < -0.4 is 15.4 Å². The molecule has 2 aromatic carbocycles. The molecule has 1 saturated heterocycles. The molecule has 2 bridgehead atoms. The van der Waals surface area contributed by atoms with Crippen LogP contribution in [-0.2, 0) is 21.6 Å². The topological polar surface area (TPSA) is 124 Å². The van der Waals surface area contributed by atoms with E-state index < -0.39 is 24.2 Å². The highest BCUT2D eigenvalue weighted by Gasteiger charge is 2.57. The summed E-state index contributed by atoms with van der Waals surface area (Å²) in [7, 11) is 5.67. The minimum Gasteiger partial charge on any atom is -0.496 e. The van der Waals surface area contributed by atoms with E-state index in [2.05, 4.69) is 77.0 Å². The Morgan fingerprint density at radius 1 is 1.11 bits per heavy atom. The van der Waals surface area contributed by atoms with Crippen LogP contribution >= 0.6 is 0 Å². The molecule has 0 radical (unpaired) electrons. The second-order valence-electron chi connectivity index (χ2n) is 18.8. The van der Waals surface area contributed by atoms with Crippen molar-refractivity contribution in [2.24, 2.45) is 35.0 Å². The van der Waals surface area contributed by atoms with Gasteiger partial charge in [-0.05, 0) is 98.0 Å². The van der Waals surface area contributed by atoms with E-state index in [0.717, 1.165) is 41.6 Å². The lowest BCUT2D eigenvalue weighted by Crippen LogP contribution is -2.62. The number of fused-ring (bicyclic) bond motifs is 2. The molecule has 4 aliphatic rings. The van der Waals surface area contributed by atoms with Crippen LogP contribution in [-0.4, -0.2) is 96.7 Å². The molecule has 1 aliphatic heterocycles. The van der Waals surface area contributed by atoms with Crippen LogP contribution in [0.3, 0.4) is 0 Å². The van der Waals surface area contributed by atoms with Crippen molar-refractivity contribution >= 4 is 11.8 Å². The number of nitrogens with one attached hydrogen (secondary N) is 2. The van der Waals surface area contributed by atoms with E-state index in [-0.39, 0.29) is 47.9 Å². The lowest BCUT2D eigenvalue weighted by atomic mass is 9.45. The molecule has 10 heteroatoms. The van der Waals surface area contributed by atoms with Crippen molar-refractivity contribution in [1.82, 2.24) is 20.6 Å². The predicted molar refractivity (Wildman–Crippen MR) is 214 cm³/mol. The Kier molecular flexibility index (Phi) is 13.0. The number of methoxy groups -OCH3 is 1. The molecule has 1 heterocycles. The number of para-hydroxylation sites is 1. The molecule has 0 spiro atoms. The molecule has 4 fully saturated rings. The van der Waals surface area contributed by atoms with E-state index in [1.807, 2.05) is 44.4 Å². The Morgan fingerprint density at radius 3 is 2.37 bits per heavy atom. The van der Waals surface area contributed by atoms with Gasteiger partial charge in [0.15, 0.2) is 0 Å². The number of rotatable bonds is 14. The Hall–Kier alpha value is -3.02. The van der Waals surface area contributed by atoms with E-state index in [9.17, 15) is 19.8 Å². The number of hydroxylamine groups is 2. The highest BCUT2D eigenvalue weighted by atomic mass is 16.7. The molecule has 2 amide bonds. The highest BCUT2D eigenvalue weighted by Crippen LogP contribution is 2.61. The van der Waals surface area contributed by atoms with Gasteiger partial charge in [-0.3, -0.25) is 14.4 Å². The van der Waals surface area contributed by atoms with Crippen LogP contribution in [0.25, 0.3) is 11.1 Å². The van der Waals surface area contributed by atoms with Gasteiger partial charge in [0.25, 0.3) is 5.91 Å². The summed E-state index contributed by atoms with van der Waals surface area (Å²) in [6, 6.07) is 11.1. The third-order valence-electron chi connectivity index (χ3n) is 12.7. The van der Waals surface area contributed by atoms with E-state index in [1.165, 1.54) is 6.42 Å². The molecule has 2 aromatic rings. The Balaban J connectivity index is 1.47. The Bertz CT molecular complexity index is 1620. The SMILES string of the molecule is COc1c(CN2O[C@@H](CO)[C@H]([C@H](C)O)[C@H]2C(=O)N[C@H]2C[C@@H]3C[C@@H]([C@@H]2C)C3(C)C)cccc1-c1cc(C(=O)N[C@@H](CC(C)C)CN(C)C)cc(C(C)(C)C)c1. The van der Waals surface area contributed by atoms with Gasteiger partial charge >= 0.3 is 0 Å². The maximum absolute atomic E-state index is 14.3. The average molecular weight is 749 g/mol. The second-order valence-corrected chi connectivity index (χ2v) is 18.8. The van der Waals surface area contributed by atoms with Gasteiger partial charge < -0.3 is 30.5 Å². The number of nitrogens with zero attached hydrogens (tertiary/aromatic N) is 2. The first-order chi connectivity index (χ1) is 25.3. The molecular weight excluding hydrogens is 681 g/mol. The van der Waals surface area contributed by atoms with Crippen molar-refractivity contribution < 1.29 is 29.4 Å². The van der Waals surface area contributed by atoms with Crippen molar-refractivity contribution in [3.63, 3.8) is 0 Å². The maximum Gasteiger partial charge on any atom is 0.251 e. The van der Waals surface area contributed by atoms with Crippen LogP contribution in [0.15, 0.2) is 36.4 Å². The van der Waals surface area contributed by atoms with Crippen molar-refractivity contribution in [2.45, 2.75) is 124 Å². The average Bonchev–Trinajstić information content (AvgIpc) is 3.46. The fraction of sp³-hybridized carbons (Fsp3) is 0.682. The molecular formula is C44H68N4O6. The zero-order chi connectivity index (χ0) is 39.9. The summed E-state index contributed by atoms with van der Waals surface area (Å²) in [5.74, 6) is 1.57. The first kappa shape index (κ1) is 42.1. The van der Waals surface area contributed by atoms with E-state index in [4.69, 9.17) is 9.57 Å². The molecule has 10 nitrogen and oxygen atoms in total. The number of hydrogen-bond acceptors (Lipinski definition) is 8. The molecule has 300 valence electrons. The standard InChI is InChI=1S/C44H68N4O6/c1-25(2)16-33(23-47(10)11)45-41(51)30-17-29(18-31(19-30)43(5,6)7)34-15-13-14-28(40(34)53-12)22-48-39(38(27(4)50)37(24-49)54-48)42(52)46-36-21-32-20-35(26(36)3)44(32,8)9/h13-15,17-19,25-27,32-33,35-39,49-50H,16,20-24H2,1-12H3,(H,45,51)(H,46,52)/t26-,27-,32-,33-,35-,36-,37-,38-,39-/m0/s1. The summed E-state index contributed by atoms with van der Waals surface area (Å²) in [5, 5.41) is 29.6. The maximum atomic E-state index is 14.3. The zero-order valence-electron chi connectivity index (χ0n) is 34.9. The van der Waals surface area contributed by atoms with Crippen LogP contribution in [0.5, 0.6) is 5.75 Å². The third-order valence-corrected chi connectivity index (χ3v) is 12.7. The number of ether oxygens (including phenoxy) is 1. The van der Waals surface area contributed by atoms with Crippen molar-refractivity contribution in [3.8, 4) is 16.9 Å². The predicted octanol–water partition coefficient (Wildman–Crippen LogP) is 6.03. The van der Waals surface area contributed by atoms with Crippen molar-refractivity contribution in [3.05, 3.63) is 53.1 Å². The van der Waals surface area contributed by atoms with Crippen molar-refractivity contribution in [2.75, 3.05) is 34.4 Å².